The van der Waals surface area contributed by atoms with E-state index in [1.807, 2.05) is 43.1 Å². The van der Waals surface area contributed by atoms with Crippen molar-refractivity contribution < 1.29 is 9.90 Å². The number of aryl methyl sites for hydroxylation is 1. The molecule has 0 bridgehead atoms. The van der Waals surface area contributed by atoms with Gasteiger partial charge in [-0.3, -0.25) is 9.69 Å². The van der Waals surface area contributed by atoms with Gasteiger partial charge in [0.05, 0.1) is 0 Å². The maximum absolute atomic E-state index is 11.4. The van der Waals surface area contributed by atoms with Gasteiger partial charge >= 0.3 is 5.97 Å². The van der Waals surface area contributed by atoms with Crippen LogP contribution in [0.25, 0.3) is 0 Å². The molecule has 17 heavy (non-hydrogen) atoms. The Morgan fingerprint density at radius 2 is 2.06 bits per heavy atom. The highest BCUT2D eigenvalue weighted by Gasteiger charge is 2.25. The number of carboxylic acid groups (broad SMARTS) is 1. The second-order valence-corrected chi connectivity index (χ2v) is 4.43. The fourth-order valence-corrected chi connectivity index (χ4v) is 1.99. The molecule has 0 aliphatic rings. The molecule has 0 saturated carbocycles. The van der Waals surface area contributed by atoms with Crippen molar-refractivity contribution in [2.75, 3.05) is 13.6 Å². The van der Waals surface area contributed by atoms with Crippen molar-refractivity contribution in [2.24, 2.45) is 0 Å². The Hall–Kier alpha value is -1.35. The summed E-state index contributed by atoms with van der Waals surface area (Å²) < 4.78 is 0. The number of hydrogen-bond donors (Lipinski definition) is 1. The summed E-state index contributed by atoms with van der Waals surface area (Å²) in [5.41, 5.74) is 1.92. The van der Waals surface area contributed by atoms with E-state index in [4.69, 9.17) is 0 Å². The Kier molecular flexibility index (Phi) is 5.16. The minimum absolute atomic E-state index is 0.539. The van der Waals surface area contributed by atoms with Gasteiger partial charge in [-0.05, 0) is 38.1 Å². The fraction of sp³-hybridized carbons (Fsp3) is 0.500. The highest BCUT2D eigenvalue weighted by atomic mass is 16.4. The molecule has 0 aliphatic carbocycles. The summed E-state index contributed by atoms with van der Waals surface area (Å²) >= 11 is 0. The highest BCUT2D eigenvalue weighted by molar-refractivity contribution is 5.76. The van der Waals surface area contributed by atoms with Crippen LogP contribution in [0, 0.1) is 6.92 Å². The van der Waals surface area contributed by atoms with Crippen molar-refractivity contribution in [3.05, 3.63) is 35.4 Å². The summed E-state index contributed by atoms with van der Waals surface area (Å²) in [6.45, 7) is 4.87. The quantitative estimate of drug-likeness (QED) is 0.824. The standard InChI is InChI=1S/C14H21NO2/c1-4-5-10-15(3)13(14(16)17)12-9-7-6-8-11(12)2/h6-9,13H,4-5,10H2,1-3H3,(H,16,17). The molecule has 1 aromatic rings. The molecule has 1 unspecified atom stereocenters. The molecule has 0 radical (unpaired) electrons. The topological polar surface area (TPSA) is 40.5 Å². The summed E-state index contributed by atoms with van der Waals surface area (Å²) in [5.74, 6) is -0.780. The number of hydrogen-bond acceptors (Lipinski definition) is 2. The van der Waals surface area contributed by atoms with Crippen molar-refractivity contribution in [3.8, 4) is 0 Å². The second-order valence-electron chi connectivity index (χ2n) is 4.43. The van der Waals surface area contributed by atoms with Crippen LogP contribution in [0.3, 0.4) is 0 Å². The molecular formula is C14H21NO2. The lowest BCUT2D eigenvalue weighted by molar-refractivity contribution is -0.143. The predicted octanol–water partition coefficient (Wildman–Crippen LogP) is 2.85. The van der Waals surface area contributed by atoms with Crippen molar-refractivity contribution in [2.45, 2.75) is 32.7 Å². The van der Waals surface area contributed by atoms with Gasteiger partial charge in [-0.2, -0.15) is 0 Å². The van der Waals surface area contributed by atoms with Crippen LogP contribution in [0.2, 0.25) is 0 Å². The zero-order valence-electron chi connectivity index (χ0n) is 10.8. The van der Waals surface area contributed by atoms with Gasteiger partial charge in [0.15, 0.2) is 0 Å². The number of carbonyl (C=O) groups is 1. The minimum Gasteiger partial charge on any atom is -0.480 e. The van der Waals surface area contributed by atoms with Gasteiger partial charge in [0, 0.05) is 0 Å². The van der Waals surface area contributed by atoms with Crippen LogP contribution in [0.1, 0.15) is 36.9 Å². The van der Waals surface area contributed by atoms with Gasteiger partial charge < -0.3 is 5.11 Å². The van der Waals surface area contributed by atoms with Crippen LogP contribution in [0.5, 0.6) is 0 Å². The van der Waals surface area contributed by atoms with Crippen molar-refractivity contribution in [1.29, 1.82) is 0 Å². The molecule has 1 aromatic carbocycles. The van der Waals surface area contributed by atoms with E-state index in [1.165, 1.54) is 0 Å². The lowest BCUT2D eigenvalue weighted by Gasteiger charge is -2.26. The number of nitrogens with zero attached hydrogens (tertiary/aromatic N) is 1. The summed E-state index contributed by atoms with van der Waals surface area (Å²) in [5, 5.41) is 9.38. The van der Waals surface area contributed by atoms with Gasteiger partial charge in [-0.15, -0.1) is 0 Å². The van der Waals surface area contributed by atoms with Crippen LogP contribution in [0.15, 0.2) is 24.3 Å². The van der Waals surface area contributed by atoms with Crippen molar-refractivity contribution in [3.63, 3.8) is 0 Å². The third kappa shape index (κ3) is 3.56. The second kappa shape index (κ2) is 6.40. The van der Waals surface area contributed by atoms with Crippen molar-refractivity contribution in [1.82, 2.24) is 4.90 Å². The maximum Gasteiger partial charge on any atom is 0.325 e. The molecular weight excluding hydrogens is 214 g/mol. The summed E-state index contributed by atoms with van der Waals surface area (Å²) in [7, 11) is 1.88. The summed E-state index contributed by atoms with van der Waals surface area (Å²) in [4.78, 5) is 13.3. The van der Waals surface area contributed by atoms with Crippen LogP contribution < -0.4 is 0 Å². The number of likely N-dealkylation sites (N-methyl/N-ethyl adjacent to an activating group) is 1. The minimum atomic E-state index is -0.780. The van der Waals surface area contributed by atoms with E-state index in [-0.39, 0.29) is 0 Å². The van der Waals surface area contributed by atoms with E-state index in [0.29, 0.717) is 0 Å². The third-order valence-corrected chi connectivity index (χ3v) is 3.02. The Bertz CT molecular complexity index is 376. The molecule has 1 atom stereocenters. The van der Waals surface area contributed by atoms with Gasteiger partial charge in [-0.25, -0.2) is 0 Å². The first-order chi connectivity index (χ1) is 8.07. The number of rotatable bonds is 6. The predicted molar refractivity (Wildman–Crippen MR) is 69.1 cm³/mol. The fourth-order valence-electron chi connectivity index (χ4n) is 1.99. The molecule has 0 amide bonds. The van der Waals surface area contributed by atoms with Gasteiger partial charge in [0.25, 0.3) is 0 Å². The number of carboxylic acids is 1. The van der Waals surface area contributed by atoms with Gasteiger partial charge in [0.1, 0.15) is 6.04 Å². The average Bonchev–Trinajstić information content (AvgIpc) is 2.29. The van der Waals surface area contributed by atoms with Crippen LogP contribution in [-0.4, -0.2) is 29.6 Å². The Balaban J connectivity index is 2.93. The highest BCUT2D eigenvalue weighted by Crippen LogP contribution is 2.23. The average molecular weight is 235 g/mol. The van der Waals surface area contributed by atoms with Gasteiger partial charge in [0.2, 0.25) is 0 Å². The van der Waals surface area contributed by atoms with E-state index >= 15 is 0 Å². The molecule has 1 rings (SSSR count). The first-order valence-electron chi connectivity index (χ1n) is 6.06. The molecule has 0 heterocycles. The summed E-state index contributed by atoms with van der Waals surface area (Å²) in [6, 6.07) is 7.15. The zero-order valence-corrected chi connectivity index (χ0v) is 10.8. The first-order valence-corrected chi connectivity index (χ1v) is 6.06. The SMILES string of the molecule is CCCCN(C)C(C(=O)O)c1ccccc1C. The Morgan fingerprint density at radius 3 is 2.59 bits per heavy atom. The number of benzene rings is 1. The maximum atomic E-state index is 11.4. The normalized spacial score (nSPS) is 12.7. The largest absolute Gasteiger partial charge is 0.480 e. The molecule has 0 aromatic heterocycles. The third-order valence-electron chi connectivity index (χ3n) is 3.02. The molecule has 1 N–H and O–H groups in total. The molecule has 0 spiro atoms. The van der Waals surface area contributed by atoms with E-state index < -0.39 is 12.0 Å². The molecule has 0 aliphatic heterocycles. The molecule has 0 saturated heterocycles. The molecule has 3 nitrogen and oxygen atoms in total. The molecule has 3 heteroatoms. The molecule has 94 valence electrons. The van der Waals surface area contributed by atoms with Crippen LogP contribution in [-0.2, 0) is 4.79 Å². The Morgan fingerprint density at radius 1 is 1.41 bits per heavy atom. The lowest BCUT2D eigenvalue weighted by atomic mass is 10.00. The number of unbranched alkanes of at least 4 members (excludes halogenated alkanes) is 1. The lowest BCUT2D eigenvalue weighted by Crippen LogP contribution is -2.32. The number of aliphatic carboxylic acids is 1. The van der Waals surface area contributed by atoms with E-state index in [1.54, 1.807) is 0 Å². The summed E-state index contributed by atoms with van der Waals surface area (Å²) in [6.07, 6.45) is 2.09. The van der Waals surface area contributed by atoms with Crippen molar-refractivity contribution >= 4 is 5.97 Å². The molecule has 0 fully saturated rings. The van der Waals surface area contributed by atoms with E-state index in [9.17, 15) is 9.90 Å². The monoisotopic (exact) mass is 235 g/mol. The zero-order chi connectivity index (χ0) is 12.8. The van der Waals surface area contributed by atoms with E-state index in [0.717, 1.165) is 30.5 Å². The van der Waals surface area contributed by atoms with Crippen LogP contribution in [0.4, 0.5) is 0 Å². The smallest absolute Gasteiger partial charge is 0.325 e. The Labute approximate surface area is 103 Å². The van der Waals surface area contributed by atoms with Crippen LogP contribution >= 0.6 is 0 Å². The first kappa shape index (κ1) is 13.7. The van der Waals surface area contributed by atoms with Gasteiger partial charge in [-0.1, -0.05) is 37.6 Å². The van der Waals surface area contributed by atoms with E-state index in [2.05, 4.69) is 6.92 Å².